The van der Waals surface area contributed by atoms with Crippen LogP contribution in [0.2, 0.25) is 0 Å². The van der Waals surface area contributed by atoms with Gasteiger partial charge in [-0.15, -0.1) is 0 Å². The molecule has 0 N–H and O–H groups in total. The Morgan fingerprint density at radius 2 is 1.10 bits per heavy atom. The normalized spacial score (nSPS) is 46.2. The molecule has 4 saturated heterocycles. The highest BCUT2D eigenvalue weighted by Crippen LogP contribution is 2.72. The van der Waals surface area contributed by atoms with E-state index in [4.69, 9.17) is 61.6 Å². The molecule has 23 atom stereocenters. The summed E-state index contributed by atoms with van der Waals surface area (Å²) in [6, 6.07) is 0. The summed E-state index contributed by atoms with van der Waals surface area (Å²) in [6.07, 6.45) is -7.75. The molecular weight excluding hydrogens is 945 g/mol. The first-order valence-corrected chi connectivity index (χ1v) is 25.9. The molecule has 4 saturated carbocycles. The summed E-state index contributed by atoms with van der Waals surface area (Å²) in [6.45, 7) is 19.5. The summed E-state index contributed by atoms with van der Waals surface area (Å²) < 4.78 is 80.9. The zero-order valence-corrected chi connectivity index (χ0v) is 43.8. The third kappa shape index (κ3) is 10.4. The van der Waals surface area contributed by atoms with Gasteiger partial charge in [0.2, 0.25) is 5.79 Å². The lowest BCUT2D eigenvalue weighted by atomic mass is 9.43. The molecule has 0 aromatic heterocycles. The van der Waals surface area contributed by atoms with E-state index < -0.39 is 103 Å². The quantitative estimate of drug-likeness (QED) is 0.149. The van der Waals surface area contributed by atoms with Crippen LogP contribution in [-0.2, 0) is 95.1 Å². The minimum atomic E-state index is -1.56. The fourth-order valence-corrected chi connectivity index (χ4v) is 15.2. The molecule has 8 fully saturated rings. The number of ether oxygens (including phenoxy) is 13. The second-order valence-corrected chi connectivity index (χ2v) is 22.6. The minimum absolute atomic E-state index is 0.0711. The Balaban J connectivity index is 1.13. The van der Waals surface area contributed by atoms with E-state index in [0.717, 1.165) is 46.5 Å². The van der Waals surface area contributed by atoms with Crippen LogP contribution in [0.1, 0.15) is 134 Å². The third-order valence-corrected chi connectivity index (χ3v) is 17.7. The third-order valence-electron chi connectivity index (χ3n) is 17.7. The van der Waals surface area contributed by atoms with Gasteiger partial charge in [-0.3, -0.25) is 33.6 Å². The number of hydrogen-bond donors (Lipinski definition) is 0. The molecule has 4 aliphatic heterocycles. The molecule has 0 bridgehead atoms. The highest BCUT2D eigenvalue weighted by Gasteiger charge is 2.72. The van der Waals surface area contributed by atoms with Gasteiger partial charge in [-0.1, -0.05) is 27.7 Å². The number of rotatable bonds is 11. The highest BCUT2D eigenvalue weighted by atomic mass is 16.8. The predicted octanol–water partition coefficient (Wildman–Crippen LogP) is 5.05. The summed E-state index contributed by atoms with van der Waals surface area (Å²) in [5.74, 6) is -4.79. The zero-order chi connectivity index (χ0) is 52.4. The molecule has 4 heterocycles. The van der Waals surface area contributed by atoms with Gasteiger partial charge in [0, 0.05) is 54.4 Å². The lowest BCUT2D eigenvalue weighted by molar-refractivity contribution is -0.358. The largest absolute Gasteiger partial charge is 0.463 e. The molecule has 20 heteroatoms. The van der Waals surface area contributed by atoms with E-state index in [1.54, 1.807) is 6.92 Å². The number of fused-ring (bicyclic) bond motifs is 7. The van der Waals surface area contributed by atoms with Crippen LogP contribution in [0.25, 0.3) is 0 Å². The maximum absolute atomic E-state index is 13.2. The Morgan fingerprint density at radius 3 is 1.72 bits per heavy atom. The molecule has 404 valence electrons. The van der Waals surface area contributed by atoms with Crippen molar-refractivity contribution in [1.29, 1.82) is 0 Å². The van der Waals surface area contributed by atoms with Crippen LogP contribution in [-0.4, -0.2) is 141 Å². The van der Waals surface area contributed by atoms with Crippen molar-refractivity contribution >= 4 is 41.8 Å². The van der Waals surface area contributed by atoms with E-state index in [2.05, 4.69) is 27.7 Å². The van der Waals surface area contributed by atoms with Crippen LogP contribution >= 0.6 is 0 Å². The summed E-state index contributed by atoms with van der Waals surface area (Å²) in [5.41, 5.74) is -0.460. The van der Waals surface area contributed by atoms with Gasteiger partial charge in [0.15, 0.2) is 49.2 Å². The van der Waals surface area contributed by atoms with Crippen LogP contribution in [0.15, 0.2) is 0 Å². The van der Waals surface area contributed by atoms with Gasteiger partial charge in [-0.05, 0) is 105 Å². The van der Waals surface area contributed by atoms with E-state index in [1.165, 1.54) is 27.7 Å². The lowest BCUT2D eigenvalue weighted by Gasteiger charge is -2.63. The first-order valence-electron chi connectivity index (χ1n) is 25.9. The van der Waals surface area contributed by atoms with Crippen LogP contribution in [0, 0.1) is 52.3 Å². The molecule has 0 unspecified atom stereocenters. The van der Waals surface area contributed by atoms with Crippen molar-refractivity contribution in [3.8, 4) is 0 Å². The molecular formula is C52H76O20. The average Bonchev–Trinajstić information content (AvgIpc) is 3.72. The Bertz CT molecular complexity index is 2080. The van der Waals surface area contributed by atoms with E-state index in [0.29, 0.717) is 32.3 Å². The second kappa shape index (κ2) is 21.0. The van der Waals surface area contributed by atoms with Gasteiger partial charge in [-0.25, -0.2) is 0 Å². The molecule has 20 nitrogen and oxygen atoms in total. The average molecular weight is 1020 g/mol. The smallest absolute Gasteiger partial charge is 0.303 e. The van der Waals surface area contributed by atoms with Gasteiger partial charge in [-0.2, -0.15) is 0 Å². The number of carbonyl (C=O) groups is 7. The molecule has 0 aromatic rings. The monoisotopic (exact) mass is 1020 g/mol. The maximum atomic E-state index is 13.2. The predicted molar refractivity (Wildman–Crippen MR) is 245 cm³/mol. The summed E-state index contributed by atoms with van der Waals surface area (Å²) in [5, 5.41) is 0. The molecule has 8 rings (SSSR count). The summed E-state index contributed by atoms with van der Waals surface area (Å²) >= 11 is 0. The number of hydrogen-bond acceptors (Lipinski definition) is 20. The van der Waals surface area contributed by atoms with Crippen molar-refractivity contribution in [2.24, 2.45) is 52.3 Å². The van der Waals surface area contributed by atoms with Crippen molar-refractivity contribution in [3.63, 3.8) is 0 Å². The minimum Gasteiger partial charge on any atom is -0.463 e. The van der Waals surface area contributed by atoms with Gasteiger partial charge in [0.25, 0.3) is 0 Å². The Kier molecular flexibility index (Phi) is 15.8. The van der Waals surface area contributed by atoms with Gasteiger partial charge in [0.05, 0.1) is 31.5 Å². The van der Waals surface area contributed by atoms with Gasteiger partial charge >= 0.3 is 41.8 Å². The van der Waals surface area contributed by atoms with Crippen molar-refractivity contribution < 1.29 is 95.1 Å². The first kappa shape index (κ1) is 54.3. The molecule has 0 radical (unpaired) electrons. The SMILES string of the molecule is CC(=O)O[C@H]1CC[C@@]2(C)[C@H](C1)[C@@H](O[C@@H]1O[C@H](C)[C@@H](OC(C)=O)[C@H](O[C@@H]3OC[C@@H](OC(C)=O)[C@H](OC(C)=O)[C@H]3OC(C)=O)[C@H]1OC(C)=O)C[C@@H]1[C@@H]2CC[C@]2(C)[C@@H]3[C@H](C[C@@H]12)O[C@@]1(OC[C@@H](C)C[C@H]1OC(C)=O)[C@H]3C. The van der Waals surface area contributed by atoms with Gasteiger partial charge < -0.3 is 61.6 Å². The highest BCUT2D eigenvalue weighted by molar-refractivity contribution is 5.69. The first-order chi connectivity index (χ1) is 33.8. The molecule has 72 heavy (non-hydrogen) atoms. The molecule has 8 aliphatic rings. The van der Waals surface area contributed by atoms with E-state index >= 15 is 0 Å². The number of carbonyl (C=O) groups excluding carboxylic acids is 7. The topological polar surface area (TPSA) is 239 Å². The van der Waals surface area contributed by atoms with Crippen molar-refractivity contribution in [2.45, 2.75) is 220 Å². The Morgan fingerprint density at radius 1 is 0.514 bits per heavy atom. The molecule has 0 aromatic carbocycles. The van der Waals surface area contributed by atoms with Gasteiger partial charge in [0.1, 0.15) is 12.2 Å². The van der Waals surface area contributed by atoms with E-state index in [1.807, 2.05) is 0 Å². The molecule has 0 amide bonds. The van der Waals surface area contributed by atoms with Crippen LogP contribution in [0.4, 0.5) is 0 Å². The van der Waals surface area contributed by atoms with E-state index in [9.17, 15) is 33.6 Å². The zero-order valence-electron chi connectivity index (χ0n) is 43.8. The fraction of sp³-hybridized carbons (Fsp3) is 0.865. The lowest BCUT2D eigenvalue weighted by Crippen LogP contribution is -2.66. The van der Waals surface area contributed by atoms with Crippen LogP contribution in [0.5, 0.6) is 0 Å². The molecule has 4 aliphatic carbocycles. The van der Waals surface area contributed by atoms with E-state index in [-0.39, 0.29) is 83.0 Å². The summed E-state index contributed by atoms with van der Waals surface area (Å²) in [7, 11) is 0. The maximum Gasteiger partial charge on any atom is 0.303 e. The van der Waals surface area contributed by atoms with Crippen LogP contribution in [0.3, 0.4) is 0 Å². The standard InChI is InChI=1S/C52H76O20/c1-23-17-41(65-28(6)55)52(61-21-23)24(2)42-39(72-52)20-36-34-19-38(37-18-33(63-26(4)53)13-15-50(37,11)35(34)14-16-51(36,42)12)70-49-47(69-32(10)59)45(43(25(3)62-49)66-29(7)56)71-48-46(68-31(9)58)44(67-30(8)57)40(22-60-48)64-27(5)54/h23-25,33-49H,13-22H2,1-12H3/t23-,24-,25+,33-,34+,35-,36-,37+,38-,39-,40+,41+,42-,43+,44-,45-,46+,47+,48-,49-,50+,51-,52-/m0/s1. The second-order valence-electron chi connectivity index (χ2n) is 22.6. The Labute approximate surface area is 421 Å². The summed E-state index contributed by atoms with van der Waals surface area (Å²) in [4.78, 5) is 88.2. The van der Waals surface area contributed by atoms with Crippen molar-refractivity contribution in [2.75, 3.05) is 13.2 Å². The fourth-order valence-electron chi connectivity index (χ4n) is 15.2. The Hall–Kier alpha value is -3.95. The number of esters is 7. The van der Waals surface area contributed by atoms with Crippen molar-refractivity contribution in [3.05, 3.63) is 0 Å². The van der Waals surface area contributed by atoms with Crippen LogP contribution < -0.4 is 0 Å². The molecule has 1 spiro atoms. The van der Waals surface area contributed by atoms with Crippen molar-refractivity contribution in [1.82, 2.24) is 0 Å².